The Morgan fingerprint density at radius 2 is 1.81 bits per heavy atom. The molecule has 7 heteroatoms. The number of carbonyl (C=O) groups excluding carboxylic acids is 1. The molecule has 0 radical (unpaired) electrons. The molecule has 0 heterocycles. The predicted molar refractivity (Wildman–Crippen MR) is 74.9 cm³/mol. The maximum Gasteiger partial charge on any atom is 0.277 e. The average Bonchev–Trinajstić information content (AvgIpc) is 2.50. The van der Waals surface area contributed by atoms with Gasteiger partial charge in [0, 0.05) is 12.5 Å². The van der Waals surface area contributed by atoms with E-state index in [0.29, 0.717) is 17.9 Å². The molecule has 0 aliphatic carbocycles. The van der Waals surface area contributed by atoms with Gasteiger partial charge in [0.05, 0.1) is 27.3 Å². The van der Waals surface area contributed by atoms with Crippen LogP contribution in [0.4, 0.5) is 8.78 Å². The van der Waals surface area contributed by atoms with Gasteiger partial charge in [-0.3, -0.25) is 4.79 Å². The molecule has 1 aromatic rings. The Hall–Kier alpha value is -1.89. The minimum absolute atomic E-state index is 0.0942. The van der Waals surface area contributed by atoms with Gasteiger partial charge in [0.2, 0.25) is 5.91 Å². The van der Waals surface area contributed by atoms with Crippen LogP contribution in [-0.4, -0.2) is 39.1 Å². The second kappa shape index (κ2) is 7.78. The zero-order chi connectivity index (χ0) is 15.9. The Morgan fingerprint density at radius 3 is 2.29 bits per heavy atom. The molecule has 0 atom stereocenters. The first kappa shape index (κ1) is 17.2. The number of methoxy groups -OCH3 is 2. The van der Waals surface area contributed by atoms with E-state index in [1.807, 2.05) is 0 Å². The maximum atomic E-state index is 12.9. The minimum atomic E-state index is -3.07. The molecule has 0 spiro atoms. The number of ether oxygens (including phenoxy) is 2. The van der Waals surface area contributed by atoms with Crippen molar-refractivity contribution in [3.63, 3.8) is 0 Å². The van der Waals surface area contributed by atoms with Crippen LogP contribution in [0.3, 0.4) is 0 Å². The van der Waals surface area contributed by atoms with E-state index >= 15 is 0 Å². The van der Waals surface area contributed by atoms with Gasteiger partial charge < -0.3 is 20.5 Å². The molecule has 0 saturated heterocycles. The monoisotopic (exact) mass is 302 g/mol. The lowest BCUT2D eigenvalue weighted by Crippen LogP contribution is -2.41. The topological polar surface area (TPSA) is 73.6 Å². The van der Waals surface area contributed by atoms with Gasteiger partial charge in [-0.25, -0.2) is 8.78 Å². The molecular formula is C14H20F2N2O3. The number of carbonyl (C=O) groups is 1. The highest BCUT2D eigenvalue weighted by Crippen LogP contribution is 2.23. The third kappa shape index (κ3) is 5.95. The van der Waals surface area contributed by atoms with Crippen LogP contribution in [0, 0.1) is 0 Å². The zero-order valence-electron chi connectivity index (χ0n) is 12.1. The number of alkyl halides is 2. The van der Waals surface area contributed by atoms with Crippen LogP contribution < -0.4 is 20.5 Å². The molecule has 21 heavy (non-hydrogen) atoms. The Balaban J connectivity index is 2.53. The lowest BCUT2D eigenvalue weighted by atomic mass is 10.1. The number of rotatable bonds is 8. The second-order valence-electron chi connectivity index (χ2n) is 4.56. The van der Waals surface area contributed by atoms with Crippen LogP contribution in [0.25, 0.3) is 0 Å². The minimum Gasteiger partial charge on any atom is -0.497 e. The number of nitrogens with one attached hydrogen (secondary N) is 1. The highest BCUT2D eigenvalue weighted by Gasteiger charge is 2.26. The summed E-state index contributed by atoms with van der Waals surface area (Å²) in [5.41, 5.74) is 5.72. The quantitative estimate of drug-likeness (QED) is 0.760. The Bertz CT molecular complexity index is 459. The van der Waals surface area contributed by atoms with Crippen molar-refractivity contribution in [2.75, 3.05) is 27.3 Å². The molecule has 0 fully saturated rings. The second-order valence-corrected chi connectivity index (χ2v) is 4.56. The normalized spacial score (nSPS) is 11.1. The summed E-state index contributed by atoms with van der Waals surface area (Å²) in [4.78, 5) is 11.5. The number of benzene rings is 1. The SMILES string of the molecule is COc1cc(CCC(=O)NCC(F)(F)CN)cc(OC)c1. The van der Waals surface area contributed by atoms with Crippen molar-refractivity contribution in [1.29, 1.82) is 0 Å². The molecule has 1 rings (SSSR count). The van der Waals surface area contributed by atoms with Gasteiger partial charge >= 0.3 is 0 Å². The fourth-order valence-electron chi connectivity index (χ4n) is 1.66. The van der Waals surface area contributed by atoms with Gasteiger partial charge in [-0.2, -0.15) is 0 Å². The molecule has 3 N–H and O–H groups in total. The highest BCUT2D eigenvalue weighted by molar-refractivity contribution is 5.76. The molecule has 0 aromatic heterocycles. The molecule has 118 valence electrons. The van der Waals surface area contributed by atoms with E-state index < -0.39 is 24.9 Å². The van der Waals surface area contributed by atoms with E-state index in [1.54, 1.807) is 18.2 Å². The van der Waals surface area contributed by atoms with Gasteiger partial charge in [0.1, 0.15) is 11.5 Å². The van der Waals surface area contributed by atoms with Crippen molar-refractivity contribution in [3.8, 4) is 11.5 Å². The van der Waals surface area contributed by atoms with Crippen molar-refractivity contribution < 1.29 is 23.0 Å². The summed E-state index contributed by atoms with van der Waals surface area (Å²) in [5, 5.41) is 2.17. The first-order chi connectivity index (χ1) is 9.90. The Kier molecular flexibility index (Phi) is 6.36. The van der Waals surface area contributed by atoms with Crippen molar-refractivity contribution in [1.82, 2.24) is 5.32 Å². The summed E-state index contributed by atoms with van der Waals surface area (Å²) >= 11 is 0. The van der Waals surface area contributed by atoms with Gasteiger partial charge in [0.25, 0.3) is 5.92 Å². The van der Waals surface area contributed by atoms with Crippen LogP contribution in [0.5, 0.6) is 11.5 Å². The number of nitrogens with two attached hydrogens (primary N) is 1. The maximum absolute atomic E-state index is 12.9. The van der Waals surface area contributed by atoms with Gasteiger partial charge in [-0.15, -0.1) is 0 Å². The number of halogens is 2. The Labute approximate surface area is 122 Å². The summed E-state index contributed by atoms with van der Waals surface area (Å²) in [6.45, 7) is -1.54. The standard InChI is InChI=1S/C14H20F2N2O3/c1-20-11-5-10(6-12(7-11)21-2)3-4-13(19)18-9-14(15,16)8-17/h5-7H,3-4,8-9,17H2,1-2H3,(H,18,19). The molecular weight excluding hydrogens is 282 g/mol. The van der Waals surface area contributed by atoms with Gasteiger partial charge in [-0.05, 0) is 24.1 Å². The van der Waals surface area contributed by atoms with Crippen LogP contribution in [0.1, 0.15) is 12.0 Å². The largest absolute Gasteiger partial charge is 0.497 e. The Morgan fingerprint density at radius 1 is 1.24 bits per heavy atom. The molecule has 0 unspecified atom stereocenters. The zero-order valence-corrected chi connectivity index (χ0v) is 12.1. The van der Waals surface area contributed by atoms with Crippen molar-refractivity contribution in [3.05, 3.63) is 23.8 Å². The number of amides is 1. The lowest BCUT2D eigenvalue weighted by Gasteiger charge is -2.14. The fourth-order valence-corrected chi connectivity index (χ4v) is 1.66. The van der Waals surface area contributed by atoms with Crippen molar-refractivity contribution in [2.45, 2.75) is 18.8 Å². The third-order valence-corrected chi connectivity index (χ3v) is 2.89. The number of hydrogen-bond donors (Lipinski definition) is 2. The van der Waals surface area contributed by atoms with E-state index in [2.05, 4.69) is 5.32 Å². The third-order valence-electron chi connectivity index (χ3n) is 2.89. The van der Waals surface area contributed by atoms with Crippen LogP contribution >= 0.6 is 0 Å². The van der Waals surface area contributed by atoms with E-state index in [4.69, 9.17) is 15.2 Å². The molecule has 0 aliphatic heterocycles. The summed E-state index contributed by atoms with van der Waals surface area (Å²) in [7, 11) is 3.06. The van der Waals surface area contributed by atoms with Crippen LogP contribution in [0.2, 0.25) is 0 Å². The molecule has 1 aromatic carbocycles. The summed E-state index contributed by atoms with van der Waals surface area (Å²) in [6.07, 6.45) is 0.491. The predicted octanol–water partition coefficient (Wildman–Crippen LogP) is 1.35. The lowest BCUT2D eigenvalue weighted by molar-refractivity contribution is -0.122. The first-order valence-electron chi connectivity index (χ1n) is 6.46. The van der Waals surface area contributed by atoms with Crippen LogP contribution in [0.15, 0.2) is 18.2 Å². The molecule has 0 saturated carbocycles. The number of hydrogen-bond acceptors (Lipinski definition) is 4. The number of aryl methyl sites for hydroxylation is 1. The summed E-state index contributed by atoms with van der Waals surface area (Å²) in [5.74, 6) is -2.31. The molecule has 0 bridgehead atoms. The fraction of sp³-hybridized carbons (Fsp3) is 0.500. The van der Waals surface area contributed by atoms with Crippen molar-refractivity contribution >= 4 is 5.91 Å². The van der Waals surface area contributed by atoms with E-state index in [9.17, 15) is 13.6 Å². The smallest absolute Gasteiger partial charge is 0.277 e. The highest BCUT2D eigenvalue weighted by atomic mass is 19.3. The van der Waals surface area contributed by atoms with E-state index in [1.165, 1.54) is 14.2 Å². The van der Waals surface area contributed by atoms with Crippen molar-refractivity contribution in [2.24, 2.45) is 5.73 Å². The molecule has 0 aliphatic rings. The van der Waals surface area contributed by atoms with E-state index in [-0.39, 0.29) is 6.42 Å². The molecule has 5 nitrogen and oxygen atoms in total. The van der Waals surface area contributed by atoms with Gasteiger partial charge in [0.15, 0.2) is 0 Å². The van der Waals surface area contributed by atoms with Crippen LogP contribution in [-0.2, 0) is 11.2 Å². The average molecular weight is 302 g/mol. The summed E-state index contributed by atoms with van der Waals surface area (Å²) < 4.78 is 36.0. The summed E-state index contributed by atoms with van der Waals surface area (Å²) in [6, 6.07) is 5.25. The van der Waals surface area contributed by atoms with Gasteiger partial charge in [-0.1, -0.05) is 0 Å². The first-order valence-corrected chi connectivity index (χ1v) is 6.46. The van der Waals surface area contributed by atoms with E-state index in [0.717, 1.165) is 5.56 Å². The molecule has 1 amide bonds.